The highest BCUT2D eigenvalue weighted by Gasteiger charge is 2.15. The molecule has 4 aromatic rings. The number of hydrogen-bond donors (Lipinski definition) is 2. The van der Waals surface area contributed by atoms with Crippen molar-refractivity contribution in [2.75, 3.05) is 11.1 Å². The van der Waals surface area contributed by atoms with Gasteiger partial charge in [-0.1, -0.05) is 47.7 Å². The van der Waals surface area contributed by atoms with Crippen LogP contribution in [0, 0.1) is 13.8 Å². The van der Waals surface area contributed by atoms with Gasteiger partial charge in [0.05, 0.1) is 10.6 Å². The lowest BCUT2D eigenvalue weighted by Crippen LogP contribution is -1.99. The zero-order valence-corrected chi connectivity index (χ0v) is 15.9. The third-order valence-electron chi connectivity index (χ3n) is 4.06. The van der Waals surface area contributed by atoms with Crippen LogP contribution in [0.25, 0.3) is 21.8 Å². The van der Waals surface area contributed by atoms with Gasteiger partial charge < -0.3 is 11.1 Å². The summed E-state index contributed by atoms with van der Waals surface area (Å²) in [7, 11) is 0. The summed E-state index contributed by atoms with van der Waals surface area (Å²) in [5.41, 5.74) is 11.9. The molecule has 0 amide bonds. The Bertz CT molecular complexity index is 1070. The van der Waals surface area contributed by atoms with Crippen molar-refractivity contribution in [1.29, 1.82) is 0 Å². The maximum Gasteiger partial charge on any atom is 0.227 e. The first-order chi connectivity index (χ1) is 13.1. The molecule has 0 aliphatic rings. The van der Waals surface area contributed by atoms with Crippen LogP contribution in [-0.4, -0.2) is 15.0 Å². The molecule has 2 aromatic carbocycles. The fourth-order valence-corrected chi connectivity index (χ4v) is 3.87. The number of nitrogens with two attached hydrogens (primary N) is 1. The van der Waals surface area contributed by atoms with Crippen molar-refractivity contribution in [3.05, 3.63) is 71.9 Å². The summed E-state index contributed by atoms with van der Waals surface area (Å²) in [6.45, 7) is 4.14. The van der Waals surface area contributed by atoms with Gasteiger partial charge >= 0.3 is 0 Å². The average molecular weight is 373 g/mol. The van der Waals surface area contributed by atoms with Crippen LogP contribution in [0.1, 0.15) is 11.1 Å². The molecule has 27 heavy (non-hydrogen) atoms. The van der Waals surface area contributed by atoms with Gasteiger partial charge in [-0.15, -0.1) is 0 Å². The van der Waals surface area contributed by atoms with Gasteiger partial charge in [-0.2, -0.15) is 0 Å². The largest absolute Gasteiger partial charge is 0.375 e. The number of benzene rings is 2. The number of hydrogen-bond acceptors (Lipinski definition) is 6. The minimum atomic E-state index is 0.520. The summed E-state index contributed by atoms with van der Waals surface area (Å²) in [4.78, 5) is 14.5. The first kappa shape index (κ1) is 17.2. The Morgan fingerprint density at radius 2 is 1.67 bits per heavy atom. The van der Waals surface area contributed by atoms with E-state index in [0.717, 1.165) is 27.5 Å². The van der Waals surface area contributed by atoms with E-state index in [9.17, 15) is 0 Å². The third kappa shape index (κ3) is 3.80. The van der Waals surface area contributed by atoms with Gasteiger partial charge in [0.2, 0.25) is 5.95 Å². The van der Waals surface area contributed by atoms with Crippen molar-refractivity contribution >= 4 is 28.1 Å². The molecule has 0 radical (unpaired) electrons. The van der Waals surface area contributed by atoms with E-state index in [4.69, 9.17) is 5.73 Å². The Labute approximate surface area is 162 Å². The molecule has 0 saturated carbocycles. The molecule has 5 nitrogen and oxygen atoms in total. The second kappa shape index (κ2) is 7.17. The first-order valence-electron chi connectivity index (χ1n) is 8.59. The Kier molecular flexibility index (Phi) is 4.56. The molecule has 0 fully saturated rings. The Morgan fingerprint density at radius 1 is 0.926 bits per heavy atom. The summed E-state index contributed by atoms with van der Waals surface area (Å²) in [6.07, 6.45) is 1.73. The van der Waals surface area contributed by atoms with E-state index >= 15 is 0 Å². The minimum Gasteiger partial charge on any atom is -0.375 e. The number of anilines is 3. The molecule has 0 atom stereocenters. The molecule has 3 N–H and O–H groups in total. The van der Waals surface area contributed by atoms with Crippen LogP contribution in [-0.2, 0) is 0 Å². The Balaban J connectivity index is 1.71. The highest BCUT2D eigenvalue weighted by molar-refractivity contribution is 7.19. The summed E-state index contributed by atoms with van der Waals surface area (Å²) < 4.78 is 0. The van der Waals surface area contributed by atoms with Crippen LogP contribution in [0.15, 0.2) is 60.8 Å². The fourth-order valence-electron chi connectivity index (χ4n) is 3.02. The number of nitrogens with zero attached hydrogens (tertiary/aromatic N) is 3. The van der Waals surface area contributed by atoms with Crippen LogP contribution in [0.4, 0.5) is 16.8 Å². The standard InChI is InChI=1S/C21H19N5S/c1-13-10-14(2)12-16(11-13)24-21-23-9-8-17(25-21)18-19(27-20(22)26-18)15-6-4-3-5-7-15/h3-12H,1-2H3,(H2,22,26)(H,23,24,25). The zero-order valence-electron chi connectivity index (χ0n) is 15.1. The lowest BCUT2D eigenvalue weighted by Gasteiger charge is -2.08. The zero-order chi connectivity index (χ0) is 18.8. The van der Waals surface area contributed by atoms with Crippen molar-refractivity contribution < 1.29 is 0 Å². The molecule has 2 heterocycles. The van der Waals surface area contributed by atoms with Crippen LogP contribution >= 0.6 is 11.3 Å². The van der Waals surface area contributed by atoms with Gasteiger partial charge in [0.1, 0.15) is 5.69 Å². The molecule has 0 saturated heterocycles. The van der Waals surface area contributed by atoms with Gasteiger partial charge in [-0.3, -0.25) is 0 Å². The number of nitrogen functional groups attached to an aromatic ring is 1. The van der Waals surface area contributed by atoms with Crippen molar-refractivity contribution in [2.24, 2.45) is 0 Å². The number of thiazole rings is 1. The first-order valence-corrected chi connectivity index (χ1v) is 9.40. The normalized spacial score (nSPS) is 10.7. The van der Waals surface area contributed by atoms with E-state index in [1.165, 1.54) is 22.5 Å². The second-order valence-corrected chi connectivity index (χ2v) is 7.39. The predicted octanol–water partition coefficient (Wildman–Crippen LogP) is 5.21. The molecule has 6 heteroatoms. The van der Waals surface area contributed by atoms with E-state index < -0.39 is 0 Å². The van der Waals surface area contributed by atoms with Crippen molar-refractivity contribution in [1.82, 2.24) is 15.0 Å². The predicted molar refractivity (Wildman–Crippen MR) is 112 cm³/mol. The lowest BCUT2D eigenvalue weighted by molar-refractivity contribution is 1.16. The van der Waals surface area contributed by atoms with Crippen LogP contribution < -0.4 is 11.1 Å². The van der Waals surface area contributed by atoms with Gasteiger partial charge in [-0.25, -0.2) is 15.0 Å². The van der Waals surface area contributed by atoms with Gasteiger partial charge in [0, 0.05) is 11.9 Å². The molecule has 0 aliphatic heterocycles. The SMILES string of the molecule is Cc1cc(C)cc(Nc2nccc(-c3nc(N)sc3-c3ccccc3)n2)c1. The summed E-state index contributed by atoms with van der Waals surface area (Å²) in [5.74, 6) is 0.531. The molecule has 0 spiro atoms. The van der Waals surface area contributed by atoms with Gasteiger partial charge in [0.15, 0.2) is 5.13 Å². The fraction of sp³-hybridized carbons (Fsp3) is 0.0952. The summed E-state index contributed by atoms with van der Waals surface area (Å²) in [5, 5.41) is 3.80. The van der Waals surface area contributed by atoms with Crippen molar-refractivity contribution in [3.63, 3.8) is 0 Å². The average Bonchev–Trinajstić information content (AvgIpc) is 3.04. The van der Waals surface area contributed by atoms with Crippen LogP contribution in [0.5, 0.6) is 0 Å². The lowest BCUT2D eigenvalue weighted by atomic mass is 10.1. The van der Waals surface area contributed by atoms with E-state index in [1.807, 2.05) is 36.4 Å². The third-order valence-corrected chi connectivity index (χ3v) is 4.99. The quantitative estimate of drug-likeness (QED) is 0.513. The molecule has 4 rings (SSSR count). The molecule has 0 unspecified atom stereocenters. The molecule has 2 aromatic heterocycles. The summed E-state index contributed by atoms with van der Waals surface area (Å²) >= 11 is 1.46. The maximum atomic E-state index is 6.00. The van der Waals surface area contributed by atoms with E-state index in [1.54, 1.807) is 6.20 Å². The van der Waals surface area contributed by atoms with E-state index in [0.29, 0.717) is 11.1 Å². The van der Waals surface area contributed by atoms with Gasteiger partial charge in [-0.05, 0) is 48.7 Å². The number of aromatic nitrogens is 3. The highest BCUT2D eigenvalue weighted by Crippen LogP contribution is 2.37. The number of rotatable bonds is 4. The van der Waals surface area contributed by atoms with Crippen molar-refractivity contribution in [2.45, 2.75) is 13.8 Å². The monoisotopic (exact) mass is 373 g/mol. The Hall–Kier alpha value is -3.25. The molecular weight excluding hydrogens is 354 g/mol. The molecule has 0 aliphatic carbocycles. The Morgan fingerprint density at radius 3 is 2.41 bits per heavy atom. The van der Waals surface area contributed by atoms with Crippen molar-refractivity contribution in [3.8, 4) is 21.8 Å². The smallest absolute Gasteiger partial charge is 0.227 e. The van der Waals surface area contributed by atoms with E-state index in [-0.39, 0.29) is 0 Å². The van der Waals surface area contributed by atoms with E-state index in [2.05, 4.69) is 52.3 Å². The number of aryl methyl sites for hydroxylation is 2. The van der Waals surface area contributed by atoms with Gasteiger partial charge in [0.25, 0.3) is 0 Å². The minimum absolute atomic E-state index is 0.520. The second-order valence-electron chi connectivity index (χ2n) is 6.36. The topological polar surface area (TPSA) is 76.7 Å². The number of nitrogens with one attached hydrogen (secondary N) is 1. The summed E-state index contributed by atoms with van der Waals surface area (Å²) in [6, 6.07) is 18.2. The highest BCUT2D eigenvalue weighted by atomic mass is 32.1. The van der Waals surface area contributed by atoms with Crippen LogP contribution in [0.3, 0.4) is 0 Å². The maximum absolute atomic E-state index is 6.00. The van der Waals surface area contributed by atoms with Crippen LogP contribution in [0.2, 0.25) is 0 Å². The molecule has 0 bridgehead atoms. The molecular formula is C21H19N5S. The molecule has 134 valence electrons.